The number of nitrogens with zero attached hydrogens (tertiary/aromatic N) is 2. The van der Waals surface area contributed by atoms with Gasteiger partial charge >= 0.3 is 12.1 Å². The number of carbonyl (C=O) groups is 1. The summed E-state index contributed by atoms with van der Waals surface area (Å²) in [5.74, 6) is 0.173. The topological polar surface area (TPSA) is 124 Å². The van der Waals surface area contributed by atoms with Crippen LogP contribution < -0.4 is 11.1 Å². The molecule has 4 N–H and O–H groups in total. The molecule has 124 valence electrons. The minimum absolute atomic E-state index is 0.0365. The number of aromatic nitrogens is 2. The number of amides is 1. The molecule has 2 aromatic rings. The van der Waals surface area contributed by atoms with Crippen molar-refractivity contribution in [2.24, 2.45) is 5.73 Å². The maximum absolute atomic E-state index is 11.1. The van der Waals surface area contributed by atoms with Crippen molar-refractivity contribution in [1.82, 2.24) is 10.1 Å². The van der Waals surface area contributed by atoms with Gasteiger partial charge in [-0.25, -0.2) is 4.79 Å². The number of nitrogens with two attached hydrogens (primary N) is 1. The van der Waals surface area contributed by atoms with E-state index in [1.165, 1.54) is 12.5 Å². The van der Waals surface area contributed by atoms with Crippen LogP contribution in [0.5, 0.6) is 0 Å². The van der Waals surface area contributed by atoms with Crippen LogP contribution in [0.1, 0.15) is 36.9 Å². The number of aryl methyl sites for hydroxylation is 1. The third kappa shape index (κ3) is 4.96. The Bertz CT molecular complexity index is 639. The molecular weight excluding hydrogens is 300 g/mol. The summed E-state index contributed by atoms with van der Waals surface area (Å²) >= 11 is 0. The number of rotatable bonds is 7. The summed E-state index contributed by atoms with van der Waals surface area (Å²) in [6.45, 7) is 3.58. The molecule has 0 saturated carbocycles. The minimum Gasteiger partial charge on any atom is -0.438 e. The van der Waals surface area contributed by atoms with E-state index >= 15 is 0 Å². The fourth-order valence-corrected chi connectivity index (χ4v) is 2.05. The van der Waals surface area contributed by atoms with Gasteiger partial charge in [0.15, 0.2) is 6.10 Å². The molecule has 0 radical (unpaired) electrons. The molecule has 0 saturated heterocycles. The van der Waals surface area contributed by atoms with Gasteiger partial charge in [-0.3, -0.25) is 0 Å². The van der Waals surface area contributed by atoms with Crippen molar-refractivity contribution in [3.8, 4) is 0 Å². The van der Waals surface area contributed by atoms with Gasteiger partial charge in [0.25, 0.3) is 0 Å². The zero-order chi connectivity index (χ0) is 16.8. The molecule has 2 unspecified atom stereocenters. The molecular formula is C15H20N4O4. The van der Waals surface area contributed by atoms with E-state index in [1.807, 2.05) is 24.3 Å². The molecule has 8 heteroatoms. The predicted octanol–water partition coefficient (Wildman–Crippen LogP) is 1.76. The highest BCUT2D eigenvalue weighted by Crippen LogP contribution is 2.22. The fourth-order valence-electron chi connectivity index (χ4n) is 2.05. The van der Waals surface area contributed by atoms with Gasteiger partial charge in [0.05, 0.1) is 0 Å². The Balaban J connectivity index is 2.15. The van der Waals surface area contributed by atoms with E-state index in [1.54, 1.807) is 0 Å². The van der Waals surface area contributed by atoms with Crippen LogP contribution >= 0.6 is 0 Å². The predicted molar refractivity (Wildman–Crippen MR) is 82.5 cm³/mol. The number of anilines is 1. The van der Waals surface area contributed by atoms with Crippen LogP contribution in [0.25, 0.3) is 0 Å². The standard InChI is InChI=1S/C15H20N4O4/c1-3-10-4-6-11(7-5-10)8-12(22-14(16)21)13-18-15(23-19-13)17-9(2)20/h4-7,9,12,20H,3,8H2,1-2H3,(H2,16,21)(H,17,18,19). The number of aliphatic hydroxyl groups excluding tert-OH is 1. The number of aliphatic hydroxyl groups is 1. The number of hydrogen-bond acceptors (Lipinski definition) is 7. The van der Waals surface area contributed by atoms with Crippen LogP contribution in [0.2, 0.25) is 0 Å². The molecule has 0 fully saturated rings. The molecule has 1 heterocycles. The van der Waals surface area contributed by atoms with Crippen LogP contribution in [-0.4, -0.2) is 27.6 Å². The lowest BCUT2D eigenvalue weighted by Crippen LogP contribution is -2.20. The van der Waals surface area contributed by atoms with Crippen LogP contribution in [-0.2, 0) is 17.6 Å². The Labute approximate surface area is 133 Å². The first-order valence-electron chi connectivity index (χ1n) is 7.30. The zero-order valence-corrected chi connectivity index (χ0v) is 13.0. The van der Waals surface area contributed by atoms with Crippen LogP contribution in [0, 0.1) is 0 Å². The fraction of sp³-hybridized carbons (Fsp3) is 0.400. The summed E-state index contributed by atoms with van der Waals surface area (Å²) in [5, 5.41) is 15.6. The van der Waals surface area contributed by atoms with Gasteiger partial charge in [-0.15, -0.1) is 0 Å². The van der Waals surface area contributed by atoms with E-state index in [-0.39, 0.29) is 11.8 Å². The van der Waals surface area contributed by atoms with E-state index in [0.717, 1.165) is 12.0 Å². The van der Waals surface area contributed by atoms with Crippen molar-refractivity contribution in [3.63, 3.8) is 0 Å². The van der Waals surface area contributed by atoms with Crippen molar-refractivity contribution in [2.45, 2.75) is 39.0 Å². The lowest BCUT2D eigenvalue weighted by molar-refractivity contribution is 0.0999. The molecule has 8 nitrogen and oxygen atoms in total. The second kappa shape index (κ2) is 7.59. The van der Waals surface area contributed by atoms with E-state index < -0.39 is 18.4 Å². The molecule has 0 aliphatic carbocycles. The van der Waals surface area contributed by atoms with Crippen molar-refractivity contribution >= 4 is 12.1 Å². The molecule has 1 amide bonds. The van der Waals surface area contributed by atoms with Crippen molar-refractivity contribution in [2.75, 3.05) is 5.32 Å². The highest BCUT2D eigenvalue weighted by Gasteiger charge is 2.22. The summed E-state index contributed by atoms with van der Waals surface area (Å²) in [5.41, 5.74) is 7.27. The van der Waals surface area contributed by atoms with Crippen LogP contribution in [0.15, 0.2) is 28.8 Å². The number of carbonyl (C=O) groups excluding carboxylic acids is 1. The van der Waals surface area contributed by atoms with Crippen LogP contribution in [0.3, 0.4) is 0 Å². The van der Waals surface area contributed by atoms with Crippen molar-refractivity contribution in [3.05, 3.63) is 41.2 Å². The molecule has 0 aliphatic rings. The normalized spacial score (nSPS) is 13.3. The average Bonchev–Trinajstić information content (AvgIpc) is 2.94. The Morgan fingerprint density at radius 2 is 2.04 bits per heavy atom. The third-order valence-corrected chi connectivity index (χ3v) is 3.17. The van der Waals surface area contributed by atoms with Gasteiger partial charge in [0.1, 0.15) is 6.23 Å². The maximum Gasteiger partial charge on any atom is 0.405 e. The largest absolute Gasteiger partial charge is 0.438 e. The van der Waals surface area contributed by atoms with E-state index in [0.29, 0.717) is 6.42 Å². The SMILES string of the molecule is CCc1ccc(CC(OC(N)=O)c2noc(NC(C)O)n2)cc1. The molecule has 23 heavy (non-hydrogen) atoms. The Hall–Kier alpha value is -2.61. The lowest BCUT2D eigenvalue weighted by atomic mass is 10.0. The summed E-state index contributed by atoms with van der Waals surface area (Å²) in [4.78, 5) is 15.2. The maximum atomic E-state index is 11.1. The Morgan fingerprint density at radius 3 is 2.61 bits per heavy atom. The Kier molecular flexibility index (Phi) is 5.53. The first kappa shape index (κ1) is 16.8. The first-order chi connectivity index (χ1) is 11.0. The third-order valence-electron chi connectivity index (χ3n) is 3.17. The summed E-state index contributed by atoms with van der Waals surface area (Å²) in [6, 6.07) is 7.95. The molecule has 2 atom stereocenters. The molecule has 1 aromatic heterocycles. The molecule has 0 spiro atoms. The second-order valence-electron chi connectivity index (χ2n) is 5.08. The van der Waals surface area contributed by atoms with E-state index in [9.17, 15) is 9.90 Å². The average molecular weight is 320 g/mol. The number of nitrogens with one attached hydrogen (secondary N) is 1. The van der Waals surface area contributed by atoms with Gasteiger partial charge in [0.2, 0.25) is 5.82 Å². The Morgan fingerprint density at radius 1 is 1.39 bits per heavy atom. The molecule has 0 aliphatic heterocycles. The first-order valence-corrected chi connectivity index (χ1v) is 7.30. The minimum atomic E-state index is -0.921. The monoisotopic (exact) mass is 320 g/mol. The van der Waals surface area contributed by atoms with Gasteiger partial charge in [-0.2, -0.15) is 4.98 Å². The van der Waals surface area contributed by atoms with Gasteiger partial charge in [-0.05, 0) is 24.5 Å². The summed E-state index contributed by atoms with van der Waals surface area (Å²) in [6.07, 6.45) is -1.23. The second-order valence-corrected chi connectivity index (χ2v) is 5.08. The molecule has 1 aromatic carbocycles. The highest BCUT2D eigenvalue weighted by atomic mass is 16.6. The number of hydrogen-bond donors (Lipinski definition) is 3. The summed E-state index contributed by atoms with van der Waals surface area (Å²) in [7, 11) is 0. The van der Waals surface area contributed by atoms with E-state index in [4.69, 9.17) is 15.0 Å². The number of primary amides is 1. The number of benzene rings is 1. The lowest BCUT2D eigenvalue weighted by Gasteiger charge is -2.13. The van der Waals surface area contributed by atoms with E-state index in [2.05, 4.69) is 22.4 Å². The smallest absolute Gasteiger partial charge is 0.405 e. The van der Waals surface area contributed by atoms with Gasteiger partial charge in [0, 0.05) is 6.42 Å². The van der Waals surface area contributed by atoms with Gasteiger partial charge in [-0.1, -0.05) is 36.3 Å². The molecule has 2 rings (SSSR count). The quantitative estimate of drug-likeness (QED) is 0.664. The van der Waals surface area contributed by atoms with Gasteiger partial charge < -0.3 is 25.4 Å². The highest BCUT2D eigenvalue weighted by molar-refractivity contribution is 5.65. The van der Waals surface area contributed by atoms with Crippen LogP contribution in [0.4, 0.5) is 10.8 Å². The van der Waals surface area contributed by atoms with Crippen molar-refractivity contribution in [1.29, 1.82) is 0 Å². The molecule has 0 bridgehead atoms. The zero-order valence-electron chi connectivity index (χ0n) is 13.0. The summed E-state index contributed by atoms with van der Waals surface area (Å²) < 4.78 is 10.0. The number of ether oxygens (including phenoxy) is 1. The van der Waals surface area contributed by atoms with Crippen molar-refractivity contribution < 1.29 is 19.2 Å².